The zero-order chi connectivity index (χ0) is 13.9. The van der Waals surface area contributed by atoms with E-state index in [9.17, 15) is 4.79 Å². The first-order valence-corrected chi connectivity index (χ1v) is 7.22. The van der Waals surface area contributed by atoms with Gasteiger partial charge < -0.3 is 15.0 Å². The van der Waals surface area contributed by atoms with Gasteiger partial charge in [0.05, 0.1) is 11.6 Å². The van der Waals surface area contributed by atoms with E-state index in [0.29, 0.717) is 18.2 Å². The van der Waals surface area contributed by atoms with Crippen LogP contribution in [0.1, 0.15) is 24.8 Å². The number of aryl methyl sites for hydroxylation is 1. The minimum atomic E-state index is 0.0317. The van der Waals surface area contributed by atoms with Gasteiger partial charge in [0.15, 0.2) is 0 Å². The Bertz CT molecular complexity index is 657. The Morgan fingerprint density at radius 1 is 1.35 bits per heavy atom. The lowest BCUT2D eigenvalue weighted by molar-refractivity contribution is 0.100. The summed E-state index contributed by atoms with van der Waals surface area (Å²) >= 11 is 0. The normalized spacial score (nSPS) is 18.8. The Labute approximate surface area is 118 Å². The molecule has 1 aromatic carbocycles. The highest BCUT2D eigenvalue weighted by Gasteiger charge is 2.16. The highest BCUT2D eigenvalue weighted by atomic mass is 16.5. The van der Waals surface area contributed by atoms with Crippen LogP contribution in [0.3, 0.4) is 0 Å². The zero-order valence-corrected chi connectivity index (χ0v) is 11.5. The van der Waals surface area contributed by atoms with Crippen molar-refractivity contribution in [1.82, 2.24) is 4.57 Å². The maximum atomic E-state index is 12.5. The number of nitrogens with zero attached hydrogens (tertiary/aromatic N) is 1. The average molecular weight is 272 g/mol. The zero-order valence-electron chi connectivity index (χ0n) is 11.5. The van der Waals surface area contributed by atoms with Gasteiger partial charge in [0, 0.05) is 25.3 Å². The summed E-state index contributed by atoms with van der Waals surface area (Å²) in [6.45, 7) is 1.82. The second-order valence-electron chi connectivity index (χ2n) is 5.31. The van der Waals surface area contributed by atoms with Crippen LogP contribution in [0.15, 0.2) is 35.1 Å². The van der Waals surface area contributed by atoms with Crippen LogP contribution in [0.25, 0.3) is 10.9 Å². The summed E-state index contributed by atoms with van der Waals surface area (Å²) in [7, 11) is 0. The minimum absolute atomic E-state index is 0.0317. The molecule has 4 heteroatoms. The van der Waals surface area contributed by atoms with Crippen molar-refractivity contribution in [3.8, 4) is 0 Å². The van der Waals surface area contributed by atoms with E-state index in [4.69, 9.17) is 10.5 Å². The fourth-order valence-corrected chi connectivity index (χ4v) is 2.90. The van der Waals surface area contributed by atoms with Gasteiger partial charge in [-0.05, 0) is 36.8 Å². The molecule has 2 N–H and O–H groups in total. The van der Waals surface area contributed by atoms with Gasteiger partial charge in [-0.3, -0.25) is 4.79 Å². The third-order valence-electron chi connectivity index (χ3n) is 4.00. The molecule has 1 fully saturated rings. The summed E-state index contributed by atoms with van der Waals surface area (Å²) in [4.78, 5) is 12.5. The number of aromatic nitrogens is 1. The molecule has 0 spiro atoms. The highest BCUT2D eigenvalue weighted by Crippen LogP contribution is 2.18. The van der Waals surface area contributed by atoms with Gasteiger partial charge in [-0.25, -0.2) is 0 Å². The molecule has 0 saturated carbocycles. The van der Waals surface area contributed by atoms with E-state index in [1.54, 1.807) is 0 Å². The van der Waals surface area contributed by atoms with Gasteiger partial charge in [0.1, 0.15) is 0 Å². The molecule has 4 nitrogen and oxygen atoms in total. The molecule has 1 aliphatic heterocycles. The Morgan fingerprint density at radius 2 is 2.20 bits per heavy atom. The van der Waals surface area contributed by atoms with Gasteiger partial charge >= 0.3 is 0 Å². The largest absolute Gasteiger partial charge is 0.378 e. The summed E-state index contributed by atoms with van der Waals surface area (Å²) in [6, 6.07) is 9.87. The van der Waals surface area contributed by atoms with Crippen molar-refractivity contribution in [2.24, 2.45) is 5.73 Å². The molecular weight excluding hydrogens is 252 g/mol. The topological polar surface area (TPSA) is 57.2 Å². The predicted molar refractivity (Wildman–Crippen MR) is 79.7 cm³/mol. The van der Waals surface area contributed by atoms with Crippen molar-refractivity contribution in [2.75, 3.05) is 6.61 Å². The maximum Gasteiger partial charge on any atom is 0.255 e. The second-order valence-corrected chi connectivity index (χ2v) is 5.31. The minimum Gasteiger partial charge on any atom is -0.378 e. The van der Waals surface area contributed by atoms with E-state index in [-0.39, 0.29) is 12.1 Å². The van der Waals surface area contributed by atoms with Gasteiger partial charge in [0.2, 0.25) is 0 Å². The van der Waals surface area contributed by atoms with Crippen molar-refractivity contribution in [1.29, 1.82) is 0 Å². The third kappa shape index (κ3) is 2.49. The quantitative estimate of drug-likeness (QED) is 0.926. The van der Waals surface area contributed by atoms with E-state index in [2.05, 4.69) is 0 Å². The summed E-state index contributed by atoms with van der Waals surface area (Å²) in [5, 5.41) is 1.07. The first-order valence-electron chi connectivity index (χ1n) is 7.22. The van der Waals surface area contributed by atoms with Crippen LogP contribution in [-0.2, 0) is 17.8 Å². The van der Waals surface area contributed by atoms with Crippen molar-refractivity contribution in [3.63, 3.8) is 0 Å². The number of para-hydroxylation sites is 1. The number of hydrogen-bond donors (Lipinski definition) is 1. The average Bonchev–Trinajstić information content (AvgIpc) is 2.99. The van der Waals surface area contributed by atoms with Crippen molar-refractivity contribution >= 4 is 10.9 Å². The molecular formula is C16H20N2O2. The van der Waals surface area contributed by atoms with Crippen LogP contribution in [-0.4, -0.2) is 17.3 Å². The number of pyridine rings is 1. The molecule has 1 atom stereocenters. The summed E-state index contributed by atoms with van der Waals surface area (Å²) in [6.07, 6.45) is 3.41. The number of fused-ring (bicyclic) bond motifs is 1. The number of nitrogens with two attached hydrogens (primary N) is 1. The first-order chi connectivity index (χ1) is 9.79. The number of ether oxygens (including phenoxy) is 1. The van der Waals surface area contributed by atoms with Gasteiger partial charge in [-0.2, -0.15) is 0 Å². The molecule has 2 aromatic rings. The molecule has 20 heavy (non-hydrogen) atoms. The maximum absolute atomic E-state index is 12.5. The summed E-state index contributed by atoms with van der Waals surface area (Å²) in [5.41, 5.74) is 7.38. The number of hydrogen-bond acceptors (Lipinski definition) is 3. The number of benzene rings is 1. The molecule has 2 heterocycles. The van der Waals surface area contributed by atoms with Crippen molar-refractivity contribution in [2.45, 2.75) is 38.5 Å². The van der Waals surface area contributed by atoms with Crippen LogP contribution >= 0.6 is 0 Å². The lowest BCUT2D eigenvalue weighted by atomic mass is 10.1. The Hall–Kier alpha value is -1.65. The lowest BCUT2D eigenvalue weighted by Gasteiger charge is -2.14. The first kappa shape index (κ1) is 13.3. The fraction of sp³-hybridized carbons (Fsp3) is 0.438. The smallest absolute Gasteiger partial charge is 0.255 e. The molecule has 0 bridgehead atoms. The van der Waals surface area contributed by atoms with E-state index < -0.39 is 0 Å². The molecule has 1 unspecified atom stereocenters. The van der Waals surface area contributed by atoms with Crippen molar-refractivity contribution in [3.05, 3.63) is 46.2 Å². The van der Waals surface area contributed by atoms with Crippen molar-refractivity contribution < 1.29 is 4.74 Å². The van der Waals surface area contributed by atoms with Gasteiger partial charge in [-0.15, -0.1) is 0 Å². The van der Waals surface area contributed by atoms with E-state index in [1.165, 1.54) is 0 Å². The van der Waals surface area contributed by atoms with Crippen LogP contribution in [0.4, 0.5) is 0 Å². The molecule has 0 radical (unpaired) electrons. The van der Waals surface area contributed by atoms with Crippen LogP contribution in [0.5, 0.6) is 0 Å². The molecule has 1 saturated heterocycles. The number of rotatable bonds is 4. The predicted octanol–water partition coefficient (Wildman–Crippen LogP) is 2.03. The van der Waals surface area contributed by atoms with E-state index >= 15 is 0 Å². The Balaban J connectivity index is 1.98. The second kappa shape index (κ2) is 5.77. The molecule has 0 aliphatic carbocycles. The lowest BCUT2D eigenvalue weighted by Crippen LogP contribution is -2.27. The fourth-order valence-electron chi connectivity index (χ4n) is 2.90. The third-order valence-corrected chi connectivity index (χ3v) is 4.00. The molecule has 1 aromatic heterocycles. The summed E-state index contributed by atoms with van der Waals surface area (Å²) in [5.74, 6) is 0. The molecule has 1 aliphatic rings. The molecule has 3 rings (SSSR count). The van der Waals surface area contributed by atoms with Crippen LogP contribution in [0.2, 0.25) is 0 Å². The van der Waals surface area contributed by atoms with Gasteiger partial charge in [0.25, 0.3) is 5.56 Å². The SMILES string of the molecule is NCc1cc2ccccc2n(CCC2CCCO2)c1=O. The Morgan fingerprint density at radius 3 is 2.95 bits per heavy atom. The van der Waals surface area contributed by atoms with Crippen LogP contribution < -0.4 is 11.3 Å². The van der Waals surface area contributed by atoms with Gasteiger partial charge in [-0.1, -0.05) is 18.2 Å². The van der Waals surface area contributed by atoms with E-state index in [1.807, 2.05) is 34.9 Å². The molecule has 0 amide bonds. The monoisotopic (exact) mass is 272 g/mol. The molecule has 106 valence electrons. The highest BCUT2D eigenvalue weighted by molar-refractivity contribution is 5.79. The standard InChI is InChI=1S/C16H20N2O2/c17-11-13-10-12-4-1-2-6-15(12)18(16(13)19)8-7-14-5-3-9-20-14/h1-2,4,6,10,14H,3,5,7-9,11,17H2. The van der Waals surface area contributed by atoms with Crippen LogP contribution in [0, 0.1) is 0 Å². The Kier molecular flexibility index (Phi) is 3.85. The summed E-state index contributed by atoms with van der Waals surface area (Å²) < 4.78 is 7.49. The van der Waals surface area contributed by atoms with E-state index in [0.717, 1.165) is 36.8 Å².